The predicted molar refractivity (Wildman–Crippen MR) is 111 cm³/mol. The zero-order valence-electron chi connectivity index (χ0n) is 13.3. The van der Waals surface area contributed by atoms with E-state index in [1.165, 1.54) is 11.5 Å². The lowest BCUT2D eigenvalue weighted by atomic mass is 10.2. The van der Waals surface area contributed by atoms with Crippen LogP contribution in [-0.4, -0.2) is 53.2 Å². The van der Waals surface area contributed by atoms with Crippen molar-refractivity contribution in [2.75, 3.05) is 23.0 Å². The van der Waals surface area contributed by atoms with Crippen LogP contribution in [0.25, 0.3) is 0 Å². The van der Waals surface area contributed by atoms with Gasteiger partial charge in [0.05, 0.1) is 0 Å². The number of thioether (sulfide) groups is 4. The minimum atomic E-state index is -0.0621. The van der Waals surface area contributed by atoms with Crippen LogP contribution in [0.3, 0.4) is 0 Å². The molecule has 8 heteroatoms. The van der Waals surface area contributed by atoms with Crippen LogP contribution >= 0.6 is 72.3 Å². The van der Waals surface area contributed by atoms with Crippen molar-refractivity contribution in [2.24, 2.45) is 0 Å². The van der Waals surface area contributed by atoms with Gasteiger partial charge in [0.2, 0.25) is 0 Å². The summed E-state index contributed by atoms with van der Waals surface area (Å²) in [4.78, 5) is -0.124. The first-order valence-corrected chi connectivity index (χ1v) is 12.3. The molecule has 0 aromatic carbocycles. The van der Waals surface area contributed by atoms with E-state index in [2.05, 4.69) is 76.5 Å². The molecule has 0 aromatic heterocycles. The molecule has 0 spiro atoms. The van der Waals surface area contributed by atoms with Gasteiger partial charge in [-0.1, -0.05) is 0 Å². The average Bonchev–Trinajstić information content (AvgIpc) is 3.27. The van der Waals surface area contributed by atoms with Crippen LogP contribution in [0.4, 0.5) is 0 Å². The fourth-order valence-corrected chi connectivity index (χ4v) is 8.92. The molecule has 0 aromatic rings. The fraction of sp³-hybridized carbons (Fsp3) is 1.00. The van der Waals surface area contributed by atoms with Crippen LogP contribution in [0.15, 0.2) is 0 Å². The lowest BCUT2D eigenvalue weighted by molar-refractivity contribution is 0.394. The molecule has 2 nitrogen and oxygen atoms in total. The molecule has 3 aliphatic rings. The van der Waals surface area contributed by atoms with E-state index < -0.39 is 0 Å². The normalized spacial score (nSPS) is 54.3. The van der Waals surface area contributed by atoms with Gasteiger partial charge < -0.3 is 9.47 Å². The van der Waals surface area contributed by atoms with Gasteiger partial charge in [-0.2, -0.15) is 23.5 Å². The van der Waals surface area contributed by atoms with Gasteiger partial charge in [0.15, 0.2) is 0 Å². The molecule has 3 saturated heterocycles. The molecule has 0 amide bonds. The van der Waals surface area contributed by atoms with Crippen molar-refractivity contribution in [3.05, 3.63) is 0 Å². The largest absolute Gasteiger partial charge is 0.343 e. The molecule has 3 heterocycles. The van der Waals surface area contributed by atoms with Crippen molar-refractivity contribution >= 4 is 72.3 Å². The highest BCUT2D eigenvalue weighted by atomic mass is 32.2. The van der Waals surface area contributed by atoms with E-state index >= 15 is 0 Å². The molecule has 0 aliphatic carbocycles. The lowest BCUT2D eigenvalue weighted by Crippen LogP contribution is -2.42. The quantitative estimate of drug-likeness (QED) is 0.490. The summed E-state index contributed by atoms with van der Waals surface area (Å²) in [6, 6.07) is 0. The summed E-state index contributed by atoms with van der Waals surface area (Å²) in [6.07, 6.45) is 0. The van der Waals surface area contributed by atoms with Crippen LogP contribution in [0.2, 0.25) is 0 Å². The molecule has 22 heavy (non-hydrogen) atoms. The zero-order valence-corrected chi connectivity index (χ0v) is 18.4. The fourth-order valence-electron chi connectivity index (χ4n) is 2.08. The Bertz CT molecular complexity index is 401. The van der Waals surface area contributed by atoms with Gasteiger partial charge in [0, 0.05) is 32.5 Å². The monoisotopic (exact) mass is 416 g/mol. The second-order valence-corrected chi connectivity index (χ2v) is 13.9. The summed E-state index contributed by atoms with van der Waals surface area (Å²) < 4.78 is 11.8. The van der Waals surface area contributed by atoms with Crippen LogP contribution < -0.4 is 0 Å². The SMILES string of the molecule is CC1(CSC2(C)OC2S)CSC(C)(CSC2(C)OC2S)CS1. The summed E-state index contributed by atoms with van der Waals surface area (Å²) in [5, 5.41) is 0. The number of thiol groups is 2. The average molecular weight is 417 g/mol. The Morgan fingerprint density at radius 1 is 0.864 bits per heavy atom. The number of hydrogen-bond acceptors (Lipinski definition) is 8. The van der Waals surface area contributed by atoms with Crippen LogP contribution in [0.5, 0.6) is 0 Å². The van der Waals surface area contributed by atoms with Crippen LogP contribution in [0, 0.1) is 0 Å². The zero-order chi connectivity index (χ0) is 16.2. The van der Waals surface area contributed by atoms with Gasteiger partial charge in [0.1, 0.15) is 20.7 Å². The highest BCUT2D eigenvalue weighted by molar-refractivity contribution is 8.10. The van der Waals surface area contributed by atoms with Gasteiger partial charge in [-0.25, -0.2) is 0 Å². The maximum atomic E-state index is 5.56. The van der Waals surface area contributed by atoms with Gasteiger partial charge >= 0.3 is 0 Å². The molecule has 6 atom stereocenters. The minimum absolute atomic E-state index is 0.0621. The van der Waals surface area contributed by atoms with E-state index in [0.717, 1.165) is 11.5 Å². The molecule has 3 rings (SSSR count). The van der Waals surface area contributed by atoms with E-state index in [0.29, 0.717) is 9.49 Å². The van der Waals surface area contributed by atoms with E-state index in [9.17, 15) is 0 Å². The third kappa shape index (κ3) is 4.22. The second kappa shape index (κ2) is 6.32. The molecule has 3 fully saturated rings. The molecule has 0 saturated carbocycles. The Labute approximate surface area is 161 Å². The highest BCUT2D eigenvalue weighted by Gasteiger charge is 2.53. The lowest BCUT2D eigenvalue weighted by Gasteiger charge is -2.42. The predicted octanol–water partition coefficient (Wildman–Crippen LogP) is 4.45. The molecule has 3 aliphatic heterocycles. The molecule has 6 unspecified atom stereocenters. The van der Waals surface area contributed by atoms with Crippen molar-refractivity contribution in [1.82, 2.24) is 0 Å². The maximum absolute atomic E-state index is 5.56. The van der Waals surface area contributed by atoms with Gasteiger partial charge in [-0.3, -0.25) is 0 Å². The van der Waals surface area contributed by atoms with Gasteiger partial charge in [0.25, 0.3) is 0 Å². The Kier molecular flexibility index (Phi) is 5.40. The van der Waals surface area contributed by atoms with Crippen molar-refractivity contribution < 1.29 is 9.47 Å². The topological polar surface area (TPSA) is 25.1 Å². The molecule has 0 N–H and O–H groups in total. The minimum Gasteiger partial charge on any atom is -0.343 e. The summed E-state index contributed by atoms with van der Waals surface area (Å²) in [5.74, 6) is 4.63. The first-order chi connectivity index (χ1) is 10.1. The Morgan fingerprint density at radius 3 is 1.41 bits per heavy atom. The molecular formula is C14H24O2S6. The van der Waals surface area contributed by atoms with Gasteiger partial charge in [-0.05, 0) is 27.7 Å². The van der Waals surface area contributed by atoms with E-state index in [4.69, 9.17) is 9.47 Å². The second-order valence-electron chi connectivity index (χ2n) is 7.03. The Morgan fingerprint density at radius 2 is 1.18 bits per heavy atom. The maximum Gasteiger partial charge on any atom is 0.147 e. The van der Waals surface area contributed by atoms with E-state index in [1.807, 2.05) is 23.5 Å². The standard InChI is InChI=1S/C14H24O2S6/c1-11(7-21-13(3)9(17)15-13)5-20-12(2,6-19-11)8-22-14(4)10(18)16-14/h9-10,17-18H,5-8H2,1-4H3. The van der Waals surface area contributed by atoms with E-state index in [1.54, 1.807) is 0 Å². The number of ether oxygens (including phenoxy) is 2. The molecule has 0 bridgehead atoms. The van der Waals surface area contributed by atoms with Crippen LogP contribution in [0.1, 0.15) is 27.7 Å². The Hall–Kier alpha value is 2.02. The van der Waals surface area contributed by atoms with Crippen molar-refractivity contribution in [3.63, 3.8) is 0 Å². The number of epoxide rings is 2. The molecule has 0 radical (unpaired) electrons. The smallest absolute Gasteiger partial charge is 0.147 e. The summed E-state index contributed by atoms with van der Waals surface area (Å²) in [6.45, 7) is 9.06. The van der Waals surface area contributed by atoms with Gasteiger partial charge in [-0.15, -0.1) is 48.8 Å². The van der Waals surface area contributed by atoms with Crippen LogP contribution in [-0.2, 0) is 9.47 Å². The molecule has 128 valence electrons. The summed E-state index contributed by atoms with van der Waals surface area (Å²) in [5.41, 5.74) is 0.218. The first-order valence-electron chi connectivity index (χ1n) is 7.36. The van der Waals surface area contributed by atoms with E-state index in [-0.39, 0.29) is 20.7 Å². The first kappa shape index (κ1) is 18.8. The Balaban J connectivity index is 1.44. The van der Waals surface area contributed by atoms with Crippen molar-refractivity contribution in [1.29, 1.82) is 0 Å². The summed E-state index contributed by atoms with van der Waals surface area (Å²) >= 11 is 16.9. The third-order valence-corrected chi connectivity index (χ3v) is 13.4. The van der Waals surface area contributed by atoms with Crippen molar-refractivity contribution in [3.8, 4) is 0 Å². The van der Waals surface area contributed by atoms with Crippen molar-refractivity contribution in [2.45, 2.75) is 57.9 Å². The molecular weight excluding hydrogens is 393 g/mol. The highest BCUT2D eigenvalue weighted by Crippen LogP contribution is 2.55. The summed E-state index contributed by atoms with van der Waals surface area (Å²) in [7, 11) is 0. The number of rotatable bonds is 6. The third-order valence-electron chi connectivity index (χ3n) is 4.25. The number of hydrogen-bond donors (Lipinski definition) is 2.